The third kappa shape index (κ3) is 3.13. The monoisotopic (exact) mass is 321 g/mol. The molecule has 2 N–H and O–H groups in total. The number of rotatable bonds is 4. The molecule has 1 amide bonds. The van der Waals surface area contributed by atoms with Crippen LogP contribution < -0.4 is 5.32 Å². The van der Waals surface area contributed by atoms with Gasteiger partial charge in [0.2, 0.25) is 0 Å². The zero-order chi connectivity index (χ0) is 15.0. The molecule has 112 valence electrons. The summed E-state index contributed by atoms with van der Waals surface area (Å²) in [6, 6.07) is 0. The van der Waals surface area contributed by atoms with Gasteiger partial charge in [0.1, 0.15) is 4.90 Å². The number of halogens is 1. The molecule has 9 heteroatoms. The maximum Gasteiger partial charge on any atom is 0.273 e. The molecule has 1 saturated heterocycles. The highest BCUT2D eigenvalue weighted by Gasteiger charge is 2.32. The molecule has 1 fully saturated rings. The van der Waals surface area contributed by atoms with Crippen LogP contribution in [0.3, 0.4) is 0 Å². The Kier molecular flexibility index (Phi) is 4.08. The molecule has 1 aliphatic rings. The van der Waals surface area contributed by atoms with E-state index < -0.39 is 20.6 Å². The van der Waals surface area contributed by atoms with E-state index in [1.807, 2.05) is 6.92 Å². The van der Waals surface area contributed by atoms with Crippen LogP contribution in [0.4, 0.5) is 0 Å². The highest BCUT2D eigenvalue weighted by atomic mass is 35.7. The fraction of sp³-hybridized carbons (Fsp3) is 0.636. The molecule has 1 aromatic rings. The van der Waals surface area contributed by atoms with Crippen molar-refractivity contribution in [2.24, 2.45) is 0 Å². The lowest BCUT2D eigenvalue weighted by Crippen LogP contribution is -2.40. The van der Waals surface area contributed by atoms with E-state index >= 15 is 0 Å². The van der Waals surface area contributed by atoms with Crippen molar-refractivity contribution in [3.05, 3.63) is 11.4 Å². The molecule has 2 rings (SSSR count). The van der Waals surface area contributed by atoms with Crippen molar-refractivity contribution in [2.75, 3.05) is 13.2 Å². The van der Waals surface area contributed by atoms with E-state index in [4.69, 9.17) is 15.4 Å². The lowest BCUT2D eigenvalue weighted by atomic mass is 10.0. The van der Waals surface area contributed by atoms with E-state index in [9.17, 15) is 13.2 Å². The third-order valence-corrected chi connectivity index (χ3v) is 4.72. The SMILES string of the molecule is Cc1[nH]nc(C(=O)NCC2(C)CCCO2)c1S(=O)(=O)Cl. The quantitative estimate of drug-likeness (QED) is 0.804. The summed E-state index contributed by atoms with van der Waals surface area (Å²) in [5, 5.41) is 8.80. The van der Waals surface area contributed by atoms with Gasteiger partial charge in [0, 0.05) is 23.8 Å². The normalized spacial score (nSPS) is 22.9. The molecule has 1 aliphatic heterocycles. The van der Waals surface area contributed by atoms with Gasteiger partial charge < -0.3 is 10.1 Å². The Morgan fingerprint density at radius 1 is 1.60 bits per heavy atom. The average Bonchev–Trinajstić information content (AvgIpc) is 2.92. The topological polar surface area (TPSA) is 101 Å². The smallest absolute Gasteiger partial charge is 0.273 e. The summed E-state index contributed by atoms with van der Waals surface area (Å²) in [4.78, 5) is 11.8. The number of hydrogen-bond acceptors (Lipinski definition) is 5. The van der Waals surface area contributed by atoms with Gasteiger partial charge in [0.25, 0.3) is 15.0 Å². The van der Waals surface area contributed by atoms with Crippen LogP contribution in [0.15, 0.2) is 4.90 Å². The molecule has 0 radical (unpaired) electrons. The molecule has 20 heavy (non-hydrogen) atoms. The molecular formula is C11H16ClN3O4S. The van der Waals surface area contributed by atoms with Gasteiger partial charge >= 0.3 is 0 Å². The number of ether oxygens (including phenoxy) is 1. The standard InChI is InChI=1S/C11H16ClN3O4S/c1-7-9(20(12,17)18)8(15-14-7)10(16)13-6-11(2)4-3-5-19-11/h3-6H2,1-2H3,(H,13,16)(H,14,15). The van der Waals surface area contributed by atoms with Gasteiger partial charge in [-0.2, -0.15) is 5.10 Å². The second-order valence-corrected chi connectivity index (χ2v) is 7.55. The number of aromatic amines is 1. The first-order valence-electron chi connectivity index (χ1n) is 6.15. The van der Waals surface area contributed by atoms with E-state index in [1.165, 1.54) is 6.92 Å². The minimum Gasteiger partial charge on any atom is -0.373 e. The van der Waals surface area contributed by atoms with Gasteiger partial charge in [-0.25, -0.2) is 8.42 Å². The Morgan fingerprint density at radius 3 is 2.85 bits per heavy atom. The van der Waals surface area contributed by atoms with Crippen molar-refractivity contribution in [1.82, 2.24) is 15.5 Å². The van der Waals surface area contributed by atoms with Crippen molar-refractivity contribution >= 4 is 25.6 Å². The van der Waals surface area contributed by atoms with Gasteiger partial charge in [-0.3, -0.25) is 9.89 Å². The molecule has 1 atom stereocenters. The average molecular weight is 322 g/mol. The maximum absolute atomic E-state index is 12.1. The number of hydrogen-bond donors (Lipinski definition) is 2. The first-order valence-corrected chi connectivity index (χ1v) is 8.46. The van der Waals surface area contributed by atoms with Crippen LogP contribution in [-0.2, 0) is 13.8 Å². The predicted molar refractivity (Wildman–Crippen MR) is 72.3 cm³/mol. The van der Waals surface area contributed by atoms with Crippen molar-refractivity contribution in [3.8, 4) is 0 Å². The van der Waals surface area contributed by atoms with E-state index in [1.54, 1.807) is 0 Å². The van der Waals surface area contributed by atoms with Crippen molar-refractivity contribution in [3.63, 3.8) is 0 Å². The van der Waals surface area contributed by atoms with Crippen LogP contribution in [0.2, 0.25) is 0 Å². The Morgan fingerprint density at radius 2 is 2.30 bits per heavy atom. The van der Waals surface area contributed by atoms with Crippen LogP contribution in [-0.4, -0.2) is 43.3 Å². The molecule has 0 spiro atoms. The van der Waals surface area contributed by atoms with Crippen molar-refractivity contribution in [2.45, 2.75) is 37.2 Å². The molecule has 0 saturated carbocycles. The summed E-state index contributed by atoms with van der Waals surface area (Å²) in [6.45, 7) is 4.34. The molecule has 0 aromatic carbocycles. The molecular weight excluding hydrogens is 306 g/mol. The zero-order valence-electron chi connectivity index (χ0n) is 11.2. The van der Waals surface area contributed by atoms with Crippen LogP contribution in [0.1, 0.15) is 35.9 Å². The summed E-state index contributed by atoms with van der Waals surface area (Å²) in [5.74, 6) is -0.592. The van der Waals surface area contributed by atoms with E-state index in [0.717, 1.165) is 12.8 Å². The summed E-state index contributed by atoms with van der Waals surface area (Å²) in [6.07, 6.45) is 1.78. The van der Waals surface area contributed by atoms with Crippen LogP contribution >= 0.6 is 10.7 Å². The molecule has 1 aromatic heterocycles. The third-order valence-electron chi connectivity index (χ3n) is 3.27. The fourth-order valence-electron chi connectivity index (χ4n) is 2.20. The van der Waals surface area contributed by atoms with Crippen LogP contribution in [0.25, 0.3) is 0 Å². The molecule has 1 unspecified atom stereocenters. The minimum absolute atomic E-state index is 0.223. The van der Waals surface area contributed by atoms with Crippen molar-refractivity contribution in [1.29, 1.82) is 0 Å². The number of nitrogens with one attached hydrogen (secondary N) is 2. The first kappa shape index (κ1) is 15.3. The predicted octanol–water partition coefficient (Wildman–Crippen LogP) is 0.945. The number of H-pyrrole nitrogens is 1. The van der Waals surface area contributed by atoms with Gasteiger partial charge in [-0.15, -0.1) is 0 Å². The second-order valence-electron chi connectivity index (χ2n) is 5.05. The van der Waals surface area contributed by atoms with Crippen LogP contribution in [0.5, 0.6) is 0 Å². The van der Waals surface area contributed by atoms with Gasteiger partial charge in [0.15, 0.2) is 5.69 Å². The van der Waals surface area contributed by atoms with Crippen molar-refractivity contribution < 1.29 is 17.9 Å². The van der Waals surface area contributed by atoms with E-state index in [2.05, 4.69) is 15.5 Å². The molecule has 7 nitrogen and oxygen atoms in total. The summed E-state index contributed by atoms with van der Waals surface area (Å²) < 4.78 is 28.5. The van der Waals surface area contributed by atoms with E-state index in [0.29, 0.717) is 13.2 Å². The molecule has 2 heterocycles. The first-order chi connectivity index (χ1) is 9.23. The summed E-state index contributed by atoms with van der Waals surface area (Å²) in [7, 11) is 1.28. The lowest BCUT2D eigenvalue weighted by Gasteiger charge is -2.23. The zero-order valence-corrected chi connectivity index (χ0v) is 12.8. The number of aryl methyl sites for hydroxylation is 1. The Balaban J connectivity index is 2.14. The molecule has 0 bridgehead atoms. The highest BCUT2D eigenvalue weighted by molar-refractivity contribution is 8.13. The second kappa shape index (κ2) is 5.34. The van der Waals surface area contributed by atoms with Gasteiger partial charge in [-0.1, -0.05) is 0 Å². The summed E-state index contributed by atoms with van der Waals surface area (Å²) in [5.41, 5.74) is -0.409. The number of nitrogens with zero attached hydrogens (tertiary/aromatic N) is 1. The van der Waals surface area contributed by atoms with Crippen LogP contribution in [0, 0.1) is 6.92 Å². The number of amides is 1. The minimum atomic E-state index is -4.03. The van der Waals surface area contributed by atoms with E-state index in [-0.39, 0.29) is 16.3 Å². The van der Waals surface area contributed by atoms with Gasteiger partial charge in [0.05, 0.1) is 11.3 Å². The lowest BCUT2D eigenvalue weighted by molar-refractivity contribution is 0.0205. The molecule has 0 aliphatic carbocycles. The Labute approximate surface area is 121 Å². The summed E-state index contributed by atoms with van der Waals surface area (Å²) >= 11 is 0. The Hall–Kier alpha value is -1.12. The fourth-order valence-corrected chi connectivity index (χ4v) is 3.55. The largest absolute Gasteiger partial charge is 0.373 e. The number of carbonyl (C=O) groups is 1. The number of carbonyl (C=O) groups excluding carboxylic acids is 1. The Bertz CT molecular complexity index is 620. The number of aromatic nitrogens is 2. The maximum atomic E-state index is 12.1. The van der Waals surface area contributed by atoms with Gasteiger partial charge in [-0.05, 0) is 26.7 Å². The highest BCUT2D eigenvalue weighted by Crippen LogP contribution is 2.25.